The summed E-state index contributed by atoms with van der Waals surface area (Å²) in [6.07, 6.45) is 0. The van der Waals surface area contributed by atoms with Gasteiger partial charge in [-0.2, -0.15) is 0 Å². The molecular formula is C50H31N3S. The summed E-state index contributed by atoms with van der Waals surface area (Å²) in [4.78, 5) is 10.8. The number of thiophene rings is 1. The predicted octanol–water partition coefficient (Wildman–Crippen LogP) is 13.8. The van der Waals surface area contributed by atoms with Crippen LogP contribution in [0.15, 0.2) is 188 Å². The summed E-state index contributed by atoms with van der Waals surface area (Å²) < 4.78 is 4.89. The fourth-order valence-electron chi connectivity index (χ4n) is 8.09. The number of hydrogen-bond donors (Lipinski definition) is 0. The maximum atomic E-state index is 5.38. The number of aromatic nitrogens is 3. The molecule has 252 valence electrons. The van der Waals surface area contributed by atoms with Crippen LogP contribution in [0, 0.1) is 0 Å². The highest BCUT2D eigenvalue weighted by atomic mass is 32.1. The second-order valence-electron chi connectivity index (χ2n) is 13.8. The molecule has 0 saturated carbocycles. The highest BCUT2D eigenvalue weighted by Crippen LogP contribution is 2.48. The van der Waals surface area contributed by atoms with Gasteiger partial charge in [-0.15, -0.1) is 11.3 Å². The van der Waals surface area contributed by atoms with Crippen LogP contribution in [0.3, 0.4) is 0 Å². The fourth-order valence-corrected chi connectivity index (χ4v) is 9.37. The van der Waals surface area contributed by atoms with Gasteiger partial charge in [0.05, 0.1) is 22.4 Å². The zero-order valence-corrected chi connectivity index (χ0v) is 30.0. The second kappa shape index (κ2) is 12.4. The lowest BCUT2D eigenvalue weighted by Gasteiger charge is -2.13. The van der Waals surface area contributed by atoms with E-state index in [2.05, 4.69) is 180 Å². The molecule has 0 aliphatic rings. The number of nitrogens with zero attached hydrogens (tertiary/aromatic N) is 3. The first-order valence-electron chi connectivity index (χ1n) is 18.2. The molecule has 0 atom stereocenters. The summed E-state index contributed by atoms with van der Waals surface area (Å²) in [5.74, 6) is 0.654. The number of rotatable bonds is 5. The fraction of sp³-hybridized carbons (Fsp3) is 0. The largest absolute Gasteiger partial charge is 0.277 e. The molecule has 11 rings (SSSR count). The normalized spacial score (nSPS) is 11.7. The molecule has 0 amide bonds. The van der Waals surface area contributed by atoms with Gasteiger partial charge in [0, 0.05) is 47.5 Å². The van der Waals surface area contributed by atoms with Gasteiger partial charge in [0.1, 0.15) is 0 Å². The molecule has 3 nitrogen and oxygen atoms in total. The van der Waals surface area contributed by atoms with Crippen LogP contribution in [0.25, 0.3) is 103 Å². The number of hydrogen-bond acceptors (Lipinski definition) is 3. The molecule has 8 aromatic carbocycles. The van der Waals surface area contributed by atoms with E-state index in [9.17, 15) is 0 Å². The Morgan fingerprint density at radius 3 is 1.52 bits per heavy atom. The third kappa shape index (κ3) is 4.88. The third-order valence-electron chi connectivity index (χ3n) is 10.6. The smallest absolute Gasteiger partial charge is 0.235 e. The van der Waals surface area contributed by atoms with Gasteiger partial charge in [-0.1, -0.05) is 164 Å². The van der Waals surface area contributed by atoms with Gasteiger partial charge < -0.3 is 0 Å². The molecule has 3 aromatic heterocycles. The van der Waals surface area contributed by atoms with Gasteiger partial charge >= 0.3 is 0 Å². The molecule has 11 aromatic rings. The Hall–Kier alpha value is -6.88. The maximum Gasteiger partial charge on any atom is 0.235 e. The minimum absolute atomic E-state index is 0.654. The van der Waals surface area contributed by atoms with Gasteiger partial charge in [0.2, 0.25) is 5.95 Å². The van der Waals surface area contributed by atoms with Crippen molar-refractivity contribution in [2.24, 2.45) is 0 Å². The number of fused-ring (bicyclic) bond motifs is 10. The molecule has 0 N–H and O–H groups in total. The van der Waals surface area contributed by atoms with E-state index in [0.29, 0.717) is 5.95 Å². The first-order valence-corrected chi connectivity index (χ1v) is 19.1. The van der Waals surface area contributed by atoms with Crippen LogP contribution >= 0.6 is 11.3 Å². The zero-order valence-electron chi connectivity index (χ0n) is 29.1. The van der Waals surface area contributed by atoms with Crippen LogP contribution in [0.5, 0.6) is 0 Å². The van der Waals surface area contributed by atoms with E-state index in [0.717, 1.165) is 33.5 Å². The minimum atomic E-state index is 0.654. The Bertz CT molecular complexity index is 3120. The first-order chi connectivity index (χ1) is 26.8. The summed E-state index contributed by atoms with van der Waals surface area (Å²) in [6, 6.07) is 67.0. The van der Waals surface area contributed by atoms with Crippen molar-refractivity contribution in [3.63, 3.8) is 0 Å². The monoisotopic (exact) mass is 705 g/mol. The van der Waals surface area contributed by atoms with Gasteiger partial charge in [-0.3, -0.25) is 4.57 Å². The van der Waals surface area contributed by atoms with E-state index in [1.807, 2.05) is 23.5 Å². The van der Waals surface area contributed by atoms with E-state index >= 15 is 0 Å². The van der Waals surface area contributed by atoms with Crippen molar-refractivity contribution >= 4 is 64.1 Å². The van der Waals surface area contributed by atoms with Crippen molar-refractivity contribution in [3.8, 4) is 50.7 Å². The molecular weight excluding hydrogens is 675 g/mol. The quantitative estimate of drug-likeness (QED) is 0.178. The third-order valence-corrected chi connectivity index (χ3v) is 11.8. The van der Waals surface area contributed by atoms with E-state index in [1.165, 1.54) is 64.0 Å². The molecule has 0 unspecified atom stereocenters. The Morgan fingerprint density at radius 2 is 0.870 bits per heavy atom. The molecule has 0 radical (unpaired) electrons. The van der Waals surface area contributed by atoms with Crippen molar-refractivity contribution < 1.29 is 0 Å². The number of benzene rings is 8. The lowest BCUT2D eigenvalue weighted by Crippen LogP contribution is -2.04. The van der Waals surface area contributed by atoms with Crippen LogP contribution in [-0.4, -0.2) is 14.5 Å². The molecule has 0 saturated heterocycles. The van der Waals surface area contributed by atoms with Crippen molar-refractivity contribution in [2.75, 3.05) is 0 Å². The molecule has 3 heterocycles. The summed E-state index contributed by atoms with van der Waals surface area (Å²) in [6.45, 7) is 0. The summed E-state index contributed by atoms with van der Waals surface area (Å²) in [5, 5.41) is 7.44. The lowest BCUT2D eigenvalue weighted by molar-refractivity contribution is 0.998. The highest BCUT2D eigenvalue weighted by Gasteiger charge is 2.24. The van der Waals surface area contributed by atoms with Crippen LogP contribution in [0.2, 0.25) is 0 Å². The lowest BCUT2D eigenvalue weighted by atomic mass is 9.97. The molecule has 0 aliphatic heterocycles. The van der Waals surface area contributed by atoms with Crippen LogP contribution in [0.4, 0.5) is 0 Å². The van der Waals surface area contributed by atoms with E-state index in [-0.39, 0.29) is 0 Å². The Balaban J connectivity index is 1.25. The second-order valence-corrected chi connectivity index (χ2v) is 14.8. The Kier molecular flexibility index (Phi) is 7.04. The van der Waals surface area contributed by atoms with Gasteiger partial charge in [-0.25, -0.2) is 9.97 Å². The molecule has 0 fully saturated rings. The van der Waals surface area contributed by atoms with Crippen LogP contribution in [0.1, 0.15) is 0 Å². The molecule has 4 heteroatoms. The highest BCUT2D eigenvalue weighted by molar-refractivity contribution is 7.27. The molecule has 0 aliphatic carbocycles. The van der Waals surface area contributed by atoms with Crippen molar-refractivity contribution in [3.05, 3.63) is 188 Å². The zero-order chi connectivity index (χ0) is 35.6. The van der Waals surface area contributed by atoms with Gasteiger partial charge in [-0.05, 0) is 51.9 Å². The molecule has 54 heavy (non-hydrogen) atoms. The Labute approximate surface area is 316 Å². The summed E-state index contributed by atoms with van der Waals surface area (Å²) in [5.41, 5.74) is 10.9. The molecule has 0 bridgehead atoms. The van der Waals surface area contributed by atoms with Crippen molar-refractivity contribution in [1.29, 1.82) is 0 Å². The van der Waals surface area contributed by atoms with Crippen molar-refractivity contribution in [1.82, 2.24) is 14.5 Å². The predicted molar refractivity (Wildman–Crippen MR) is 229 cm³/mol. The minimum Gasteiger partial charge on any atom is -0.277 e. The average molecular weight is 706 g/mol. The van der Waals surface area contributed by atoms with E-state index in [1.54, 1.807) is 0 Å². The van der Waals surface area contributed by atoms with E-state index in [4.69, 9.17) is 9.97 Å². The van der Waals surface area contributed by atoms with E-state index < -0.39 is 0 Å². The maximum absolute atomic E-state index is 5.38. The average Bonchev–Trinajstić information content (AvgIpc) is 3.81. The van der Waals surface area contributed by atoms with Gasteiger partial charge in [0.25, 0.3) is 0 Å². The topological polar surface area (TPSA) is 30.7 Å². The standard InChI is InChI=1S/C50H31N3S/c1-4-14-32(15-5-1)33-24-26-34(27-25-33)37-28-29-44-41(30-37)47-48(39-21-11-10-20-38(39)46-40-22-12-13-23-45(40)54-49(46)47)53(44)50-51-42(35-16-6-2-7-17-35)31-43(52-50)36-18-8-3-9-19-36/h1-31H. The SMILES string of the molecule is c1ccc(-c2ccc(-c3ccc4c(c3)c3c5sc6ccccc6c5c5ccccc5c3n4-c3nc(-c4ccccc4)cc(-c4ccccc4)n3)cc2)cc1. The first kappa shape index (κ1) is 30.7. The van der Waals surface area contributed by atoms with Crippen molar-refractivity contribution in [2.45, 2.75) is 0 Å². The van der Waals surface area contributed by atoms with Crippen LogP contribution < -0.4 is 0 Å². The van der Waals surface area contributed by atoms with Gasteiger partial charge in [0.15, 0.2) is 0 Å². The molecule has 0 spiro atoms. The Morgan fingerprint density at radius 1 is 0.370 bits per heavy atom. The van der Waals surface area contributed by atoms with Crippen LogP contribution in [-0.2, 0) is 0 Å². The summed E-state index contributed by atoms with van der Waals surface area (Å²) in [7, 11) is 0. The summed E-state index contributed by atoms with van der Waals surface area (Å²) >= 11 is 1.88.